The van der Waals surface area contributed by atoms with Gasteiger partial charge in [0.25, 0.3) is 0 Å². The van der Waals surface area contributed by atoms with Crippen molar-refractivity contribution >= 4 is 38.3 Å². The molecule has 26 heavy (non-hydrogen) atoms. The third kappa shape index (κ3) is 5.28. The van der Waals surface area contributed by atoms with E-state index in [9.17, 15) is 4.79 Å². The lowest BCUT2D eigenvalue weighted by molar-refractivity contribution is -0.122. The highest BCUT2D eigenvalue weighted by molar-refractivity contribution is 9.10. The van der Waals surface area contributed by atoms with Gasteiger partial charge in [-0.05, 0) is 38.0 Å². The van der Waals surface area contributed by atoms with Crippen LogP contribution in [0.15, 0.2) is 34.1 Å². The molecule has 3 rings (SSSR count). The molecule has 7 heteroatoms. The number of amides is 1. The van der Waals surface area contributed by atoms with E-state index >= 15 is 0 Å². The van der Waals surface area contributed by atoms with E-state index in [1.165, 1.54) is 0 Å². The standard InChI is InChI=1S/C19H25BrN4OS/c1-14-13-26-19(21-14)24-9-3-8-23(10-11-24)12-18(25)22-15(2)16-4-6-17(20)7-5-16/h4-7,13,15H,3,8-12H2,1-2H3,(H,22,25). The zero-order valence-corrected chi connectivity index (χ0v) is 17.6. The minimum Gasteiger partial charge on any atom is -0.348 e. The Morgan fingerprint density at radius 3 is 2.73 bits per heavy atom. The first-order valence-electron chi connectivity index (χ1n) is 8.95. The van der Waals surface area contributed by atoms with Gasteiger partial charge < -0.3 is 10.2 Å². The topological polar surface area (TPSA) is 48.5 Å². The normalized spacial score (nSPS) is 17.0. The molecule has 0 radical (unpaired) electrons. The number of halogens is 1. The predicted octanol–water partition coefficient (Wildman–Crippen LogP) is 3.60. The van der Waals surface area contributed by atoms with E-state index in [4.69, 9.17) is 0 Å². The van der Waals surface area contributed by atoms with Gasteiger partial charge in [-0.15, -0.1) is 11.3 Å². The number of aryl methyl sites for hydroxylation is 1. The highest BCUT2D eigenvalue weighted by atomic mass is 79.9. The zero-order valence-electron chi connectivity index (χ0n) is 15.2. The third-order valence-corrected chi connectivity index (χ3v) is 6.13. The van der Waals surface area contributed by atoms with Crippen molar-refractivity contribution in [1.82, 2.24) is 15.2 Å². The van der Waals surface area contributed by atoms with Crippen LogP contribution in [0.25, 0.3) is 0 Å². The van der Waals surface area contributed by atoms with Gasteiger partial charge in [0.05, 0.1) is 18.3 Å². The SMILES string of the molecule is Cc1csc(N2CCCN(CC(=O)NC(C)c3ccc(Br)cc3)CC2)n1. The second-order valence-electron chi connectivity index (χ2n) is 6.73. The van der Waals surface area contributed by atoms with Crippen molar-refractivity contribution < 1.29 is 4.79 Å². The van der Waals surface area contributed by atoms with Crippen molar-refractivity contribution in [2.75, 3.05) is 37.6 Å². The smallest absolute Gasteiger partial charge is 0.234 e. The number of carbonyl (C=O) groups is 1. The van der Waals surface area contributed by atoms with Crippen LogP contribution in [-0.4, -0.2) is 48.5 Å². The number of hydrogen-bond donors (Lipinski definition) is 1. The fourth-order valence-corrected chi connectivity index (χ4v) is 4.25. The summed E-state index contributed by atoms with van der Waals surface area (Å²) in [6.07, 6.45) is 1.05. The van der Waals surface area contributed by atoms with Crippen LogP contribution < -0.4 is 10.2 Å². The minimum atomic E-state index is 0.0115. The fraction of sp³-hybridized carbons (Fsp3) is 0.474. The van der Waals surface area contributed by atoms with Crippen LogP contribution in [0.2, 0.25) is 0 Å². The number of hydrogen-bond acceptors (Lipinski definition) is 5. The summed E-state index contributed by atoms with van der Waals surface area (Å²) in [5.41, 5.74) is 2.19. The van der Waals surface area contributed by atoms with E-state index in [0.29, 0.717) is 6.54 Å². The zero-order chi connectivity index (χ0) is 18.5. The van der Waals surface area contributed by atoms with Crippen LogP contribution >= 0.6 is 27.3 Å². The summed E-state index contributed by atoms with van der Waals surface area (Å²) >= 11 is 5.14. The molecule has 1 saturated heterocycles. The van der Waals surface area contributed by atoms with Crippen LogP contribution in [0.3, 0.4) is 0 Å². The lowest BCUT2D eigenvalue weighted by Crippen LogP contribution is -2.40. The Morgan fingerprint density at radius 1 is 1.27 bits per heavy atom. The lowest BCUT2D eigenvalue weighted by atomic mass is 10.1. The maximum atomic E-state index is 12.4. The van der Waals surface area contributed by atoms with E-state index in [0.717, 1.165) is 53.5 Å². The van der Waals surface area contributed by atoms with Gasteiger partial charge in [-0.2, -0.15) is 0 Å². The van der Waals surface area contributed by atoms with Crippen molar-refractivity contribution in [3.05, 3.63) is 45.4 Å². The van der Waals surface area contributed by atoms with Crippen LogP contribution in [-0.2, 0) is 4.79 Å². The summed E-state index contributed by atoms with van der Waals surface area (Å²) in [7, 11) is 0. The van der Waals surface area contributed by atoms with Crippen molar-refractivity contribution in [2.24, 2.45) is 0 Å². The molecule has 0 saturated carbocycles. The third-order valence-electron chi connectivity index (χ3n) is 4.58. The van der Waals surface area contributed by atoms with Gasteiger partial charge in [0.1, 0.15) is 0 Å². The maximum Gasteiger partial charge on any atom is 0.234 e. The highest BCUT2D eigenvalue weighted by Gasteiger charge is 2.19. The molecule has 1 N–H and O–H groups in total. The van der Waals surface area contributed by atoms with Gasteiger partial charge in [-0.1, -0.05) is 28.1 Å². The largest absolute Gasteiger partial charge is 0.348 e. The maximum absolute atomic E-state index is 12.4. The molecule has 1 aliphatic rings. The summed E-state index contributed by atoms with van der Waals surface area (Å²) in [4.78, 5) is 21.6. The van der Waals surface area contributed by atoms with Crippen molar-refractivity contribution in [1.29, 1.82) is 0 Å². The summed E-state index contributed by atoms with van der Waals surface area (Å²) in [5.74, 6) is 0.0824. The Kier molecular flexibility index (Phi) is 6.67. The number of benzene rings is 1. The average Bonchev–Trinajstić information content (AvgIpc) is 2.90. The Balaban J connectivity index is 1.49. The molecule has 0 spiro atoms. The first kappa shape index (κ1) is 19.3. The lowest BCUT2D eigenvalue weighted by Gasteiger charge is -2.22. The molecular formula is C19H25BrN4OS. The molecule has 140 valence electrons. The molecule has 1 atom stereocenters. The Morgan fingerprint density at radius 2 is 2.04 bits per heavy atom. The highest BCUT2D eigenvalue weighted by Crippen LogP contribution is 2.21. The first-order valence-corrected chi connectivity index (χ1v) is 10.6. The van der Waals surface area contributed by atoms with Gasteiger partial charge >= 0.3 is 0 Å². The van der Waals surface area contributed by atoms with Crippen molar-refractivity contribution in [3.63, 3.8) is 0 Å². The van der Waals surface area contributed by atoms with E-state index in [-0.39, 0.29) is 11.9 Å². The number of nitrogens with zero attached hydrogens (tertiary/aromatic N) is 3. The molecule has 1 amide bonds. The molecule has 1 aromatic heterocycles. The summed E-state index contributed by atoms with van der Waals surface area (Å²) < 4.78 is 1.05. The van der Waals surface area contributed by atoms with Crippen LogP contribution in [0, 0.1) is 6.92 Å². The summed E-state index contributed by atoms with van der Waals surface area (Å²) in [6, 6.07) is 8.09. The number of aromatic nitrogens is 1. The summed E-state index contributed by atoms with van der Waals surface area (Å²) in [6.45, 7) is 8.26. The molecule has 5 nitrogen and oxygen atoms in total. The predicted molar refractivity (Wildman–Crippen MR) is 111 cm³/mol. The fourth-order valence-electron chi connectivity index (χ4n) is 3.13. The number of carbonyl (C=O) groups excluding carboxylic acids is 1. The van der Waals surface area contributed by atoms with E-state index < -0.39 is 0 Å². The summed E-state index contributed by atoms with van der Waals surface area (Å²) in [5, 5.41) is 6.30. The Hall–Kier alpha value is -1.44. The number of nitrogens with one attached hydrogen (secondary N) is 1. The molecule has 1 aliphatic heterocycles. The molecule has 2 heterocycles. The van der Waals surface area contributed by atoms with Gasteiger partial charge in [0.15, 0.2) is 5.13 Å². The molecule has 0 bridgehead atoms. The second-order valence-corrected chi connectivity index (χ2v) is 8.48. The second kappa shape index (κ2) is 8.97. The van der Waals surface area contributed by atoms with Crippen LogP contribution in [0.4, 0.5) is 5.13 Å². The van der Waals surface area contributed by atoms with Gasteiger partial charge in [0.2, 0.25) is 5.91 Å². The molecule has 1 unspecified atom stereocenters. The van der Waals surface area contributed by atoms with Crippen molar-refractivity contribution in [3.8, 4) is 0 Å². The molecule has 0 aliphatic carbocycles. The van der Waals surface area contributed by atoms with Crippen molar-refractivity contribution in [2.45, 2.75) is 26.3 Å². The molecule has 1 aromatic carbocycles. The Bertz CT molecular complexity index is 733. The van der Waals surface area contributed by atoms with E-state index in [1.807, 2.05) is 38.1 Å². The monoisotopic (exact) mass is 436 g/mol. The number of thiazole rings is 1. The van der Waals surface area contributed by atoms with Gasteiger partial charge in [-0.25, -0.2) is 4.98 Å². The van der Waals surface area contributed by atoms with E-state index in [1.54, 1.807) is 11.3 Å². The van der Waals surface area contributed by atoms with Gasteiger partial charge in [0, 0.05) is 36.0 Å². The Labute approximate surface area is 167 Å². The first-order chi connectivity index (χ1) is 12.5. The molecule has 2 aromatic rings. The number of rotatable bonds is 5. The van der Waals surface area contributed by atoms with E-state index in [2.05, 4.69) is 41.4 Å². The average molecular weight is 437 g/mol. The molecular weight excluding hydrogens is 412 g/mol. The quantitative estimate of drug-likeness (QED) is 0.777. The van der Waals surface area contributed by atoms with Crippen LogP contribution in [0.1, 0.15) is 30.6 Å². The number of anilines is 1. The minimum absolute atomic E-state index is 0.0115. The molecule has 1 fully saturated rings. The van der Waals surface area contributed by atoms with Crippen LogP contribution in [0.5, 0.6) is 0 Å². The van der Waals surface area contributed by atoms with Gasteiger partial charge in [-0.3, -0.25) is 9.69 Å².